The Hall–Kier alpha value is -2.13. The highest BCUT2D eigenvalue weighted by Crippen LogP contribution is 2.36. The molecule has 176 valence electrons. The van der Waals surface area contributed by atoms with Crippen LogP contribution in [0.25, 0.3) is 0 Å². The number of aromatic nitrogens is 1. The molecule has 9 heteroatoms. The first-order valence-electron chi connectivity index (χ1n) is 11.2. The van der Waals surface area contributed by atoms with Gasteiger partial charge in [-0.1, -0.05) is 0 Å². The molecule has 1 aromatic heterocycles. The van der Waals surface area contributed by atoms with Crippen molar-refractivity contribution in [2.24, 2.45) is 0 Å². The molecule has 0 saturated carbocycles. The van der Waals surface area contributed by atoms with Crippen molar-refractivity contribution in [3.8, 4) is 0 Å². The number of nitrogens with zero attached hydrogens (tertiary/aromatic N) is 3. The largest absolute Gasteiger partial charge is 0.496 e. The maximum absolute atomic E-state index is 13.4. The molecule has 2 saturated heterocycles. The molecule has 0 N–H and O–H groups in total. The maximum Gasteiger partial charge on any atom is 0.496 e. The highest BCUT2D eigenvalue weighted by Gasteiger charge is 2.52. The fourth-order valence-corrected chi connectivity index (χ4v) is 3.78. The zero-order chi connectivity index (χ0) is 24.1. The van der Waals surface area contributed by atoms with E-state index in [9.17, 15) is 9.59 Å². The van der Waals surface area contributed by atoms with Crippen LogP contribution in [0.4, 0.5) is 4.79 Å². The van der Waals surface area contributed by atoms with Crippen molar-refractivity contribution in [1.82, 2.24) is 14.8 Å². The molecule has 1 atom stereocenters. The van der Waals surface area contributed by atoms with E-state index in [1.165, 1.54) is 0 Å². The second-order valence-electron chi connectivity index (χ2n) is 10.8. The molecule has 0 aromatic carbocycles. The van der Waals surface area contributed by atoms with Gasteiger partial charge in [0, 0.05) is 43.0 Å². The van der Waals surface area contributed by atoms with Crippen LogP contribution >= 0.6 is 0 Å². The van der Waals surface area contributed by atoms with Gasteiger partial charge in [-0.25, -0.2) is 4.79 Å². The van der Waals surface area contributed by atoms with Gasteiger partial charge in [0.15, 0.2) is 0 Å². The Labute approximate surface area is 191 Å². The Bertz CT molecular complexity index is 880. The number of aryl methyl sites for hydroxylation is 1. The van der Waals surface area contributed by atoms with Gasteiger partial charge in [0.25, 0.3) is 5.91 Å². The van der Waals surface area contributed by atoms with Crippen LogP contribution in [0, 0.1) is 6.92 Å². The first-order valence-corrected chi connectivity index (χ1v) is 11.2. The quantitative estimate of drug-likeness (QED) is 0.652. The number of pyridine rings is 1. The van der Waals surface area contributed by atoms with E-state index in [1.807, 2.05) is 68.4 Å². The summed E-state index contributed by atoms with van der Waals surface area (Å²) in [7, 11) is -0.582. The molecular weight excluding hydrogens is 409 g/mol. The lowest BCUT2D eigenvalue weighted by Gasteiger charge is -2.40. The molecule has 2 aliphatic heterocycles. The molecule has 3 heterocycles. The summed E-state index contributed by atoms with van der Waals surface area (Å²) >= 11 is 0. The summed E-state index contributed by atoms with van der Waals surface area (Å²) in [5.41, 5.74) is 0.395. The molecular formula is C23H36BN3O5. The summed E-state index contributed by atoms with van der Waals surface area (Å²) in [6, 6.07) is 1.67. The van der Waals surface area contributed by atoms with E-state index < -0.39 is 23.9 Å². The van der Waals surface area contributed by atoms with Gasteiger partial charge in [0.2, 0.25) is 0 Å². The van der Waals surface area contributed by atoms with Crippen molar-refractivity contribution >= 4 is 24.6 Å². The molecule has 2 fully saturated rings. The van der Waals surface area contributed by atoms with Crippen LogP contribution in [-0.2, 0) is 14.0 Å². The Balaban J connectivity index is 1.75. The summed E-state index contributed by atoms with van der Waals surface area (Å²) in [6.07, 6.45) is 1.36. The SMILES string of the molecule is Cc1ncc(B2OC(C)(C)C(C)(C)O2)cc1C(=O)N1CCN(C(=O)OC(C)(C)C)C[C@H]1C. The van der Waals surface area contributed by atoms with Crippen LogP contribution in [0.15, 0.2) is 12.3 Å². The van der Waals surface area contributed by atoms with Crippen molar-refractivity contribution in [2.75, 3.05) is 19.6 Å². The van der Waals surface area contributed by atoms with Crippen LogP contribution in [0.2, 0.25) is 0 Å². The maximum atomic E-state index is 13.4. The third kappa shape index (κ3) is 4.93. The third-order valence-corrected chi connectivity index (χ3v) is 6.40. The number of ether oxygens (including phenoxy) is 1. The zero-order valence-electron chi connectivity index (χ0n) is 20.8. The summed E-state index contributed by atoms with van der Waals surface area (Å²) in [5, 5.41) is 0. The number of hydrogen-bond acceptors (Lipinski definition) is 6. The lowest BCUT2D eigenvalue weighted by atomic mass is 9.79. The van der Waals surface area contributed by atoms with Gasteiger partial charge >= 0.3 is 13.2 Å². The van der Waals surface area contributed by atoms with Crippen molar-refractivity contribution in [2.45, 2.75) is 85.2 Å². The average molecular weight is 445 g/mol. The van der Waals surface area contributed by atoms with Crippen LogP contribution in [0.5, 0.6) is 0 Å². The van der Waals surface area contributed by atoms with Gasteiger partial charge in [-0.15, -0.1) is 0 Å². The van der Waals surface area contributed by atoms with Gasteiger partial charge in [-0.2, -0.15) is 0 Å². The normalized spacial score (nSPS) is 22.8. The molecule has 0 radical (unpaired) electrons. The number of carbonyl (C=O) groups is 2. The van der Waals surface area contributed by atoms with Crippen molar-refractivity contribution in [3.63, 3.8) is 0 Å². The Kier molecular flexibility index (Phi) is 6.39. The molecule has 3 rings (SSSR count). The van der Waals surface area contributed by atoms with E-state index >= 15 is 0 Å². The number of amides is 2. The van der Waals surface area contributed by atoms with Crippen LogP contribution < -0.4 is 5.46 Å². The number of rotatable bonds is 2. The summed E-state index contributed by atoms with van der Waals surface area (Å²) in [6.45, 7) is 18.5. The second kappa shape index (κ2) is 8.34. The van der Waals surface area contributed by atoms with Crippen molar-refractivity contribution < 1.29 is 23.6 Å². The second-order valence-corrected chi connectivity index (χ2v) is 10.8. The lowest BCUT2D eigenvalue weighted by Crippen LogP contribution is -2.56. The highest BCUT2D eigenvalue weighted by atomic mass is 16.7. The first kappa shape index (κ1) is 24.5. The monoisotopic (exact) mass is 445 g/mol. The van der Waals surface area contributed by atoms with E-state index in [0.717, 1.165) is 5.46 Å². The summed E-state index contributed by atoms with van der Waals surface area (Å²) in [5.74, 6) is -0.107. The zero-order valence-corrected chi connectivity index (χ0v) is 20.8. The molecule has 0 aliphatic carbocycles. The smallest absolute Gasteiger partial charge is 0.444 e. The molecule has 2 aliphatic rings. The molecule has 8 nitrogen and oxygen atoms in total. The predicted molar refractivity (Wildman–Crippen MR) is 123 cm³/mol. The fourth-order valence-electron chi connectivity index (χ4n) is 3.78. The first-order chi connectivity index (χ1) is 14.6. The van der Waals surface area contributed by atoms with Crippen molar-refractivity contribution in [1.29, 1.82) is 0 Å². The van der Waals surface area contributed by atoms with E-state index in [4.69, 9.17) is 14.0 Å². The van der Waals surface area contributed by atoms with Crippen LogP contribution in [0.1, 0.15) is 71.4 Å². The Morgan fingerprint density at radius 2 is 1.75 bits per heavy atom. The average Bonchev–Trinajstić information content (AvgIpc) is 2.87. The van der Waals surface area contributed by atoms with Gasteiger partial charge in [-0.3, -0.25) is 9.78 Å². The minimum absolute atomic E-state index is 0.107. The molecule has 1 aromatic rings. The van der Waals surface area contributed by atoms with Gasteiger partial charge in [0.05, 0.1) is 16.8 Å². The number of hydrogen-bond donors (Lipinski definition) is 0. The standard InChI is InChI=1S/C23H36BN3O5/c1-15-14-26(20(29)30-21(3,4)5)10-11-27(15)19(28)18-12-17(13-25-16(18)2)24-31-22(6,7)23(8,9)32-24/h12-13,15H,10-11,14H2,1-9H3/t15-/m1/s1. The van der Waals surface area contributed by atoms with Crippen LogP contribution in [-0.4, -0.2) is 76.4 Å². The molecule has 0 unspecified atom stereocenters. The van der Waals surface area contributed by atoms with Crippen molar-refractivity contribution in [3.05, 3.63) is 23.5 Å². The lowest BCUT2D eigenvalue weighted by molar-refractivity contribution is 0.00578. The van der Waals surface area contributed by atoms with E-state index in [2.05, 4.69) is 4.98 Å². The predicted octanol–water partition coefficient (Wildman–Crippen LogP) is 2.77. The Morgan fingerprint density at radius 3 is 2.28 bits per heavy atom. The van der Waals surface area contributed by atoms with Crippen LogP contribution in [0.3, 0.4) is 0 Å². The van der Waals surface area contributed by atoms with Gasteiger partial charge in [0.1, 0.15) is 5.60 Å². The highest BCUT2D eigenvalue weighted by molar-refractivity contribution is 6.62. The molecule has 0 bridgehead atoms. The topological polar surface area (TPSA) is 81.2 Å². The number of piperazine rings is 1. The fraction of sp³-hybridized carbons (Fsp3) is 0.696. The third-order valence-electron chi connectivity index (χ3n) is 6.40. The minimum atomic E-state index is -0.582. The van der Waals surface area contributed by atoms with E-state index in [-0.39, 0.29) is 18.0 Å². The van der Waals surface area contributed by atoms with E-state index in [0.29, 0.717) is 30.9 Å². The molecule has 32 heavy (non-hydrogen) atoms. The summed E-state index contributed by atoms with van der Waals surface area (Å²) < 4.78 is 17.7. The minimum Gasteiger partial charge on any atom is -0.444 e. The molecule has 2 amide bonds. The Morgan fingerprint density at radius 1 is 1.16 bits per heavy atom. The molecule has 0 spiro atoms. The van der Waals surface area contributed by atoms with Gasteiger partial charge < -0.3 is 23.8 Å². The van der Waals surface area contributed by atoms with E-state index in [1.54, 1.807) is 16.0 Å². The summed E-state index contributed by atoms with van der Waals surface area (Å²) in [4.78, 5) is 33.7. The van der Waals surface area contributed by atoms with Gasteiger partial charge in [-0.05, 0) is 68.4 Å². The number of carbonyl (C=O) groups excluding carboxylic acids is 2.